The van der Waals surface area contributed by atoms with Gasteiger partial charge < -0.3 is 4.74 Å². The Hall–Kier alpha value is -3.10. The van der Waals surface area contributed by atoms with Crippen LogP contribution in [0.4, 0.5) is 15.8 Å². The van der Waals surface area contributed by atoms with Crippen molar-refractivity contribution in [1.29, 1.82) is 0 Å². The summed E-state index contributed by atoms with van der Waals surface area (Å²) in [4.78, 5) is 20.5. The van der Waals surface area contributed by atoms with Gasteiger partial charge in [0.2, 0.25) is 0 Å². The van der Waals surface area contributed by atoms with Gasteiger partial charge in [-0.1, -0.05) is 53.5 Å². The van der Waals surface area contributed by atoms with Crippen molar-refractivity contribution >= 4 is 79.4 Å². The molecule has 0 saturated carbocycles. The smallest absolute Gasteiger partial charge is 0.271 e. The summed E-state index contributed by atoms with van der Waals surface area (Å²) in [5.41, 5.74) is 4.63. The third-order valence-electron chi connectivity index (χ3n) is 6.14. The van der Waals surface area contributed by atoms with Gasteiger partial charge in [0.25, 0.3) is 5.91 Å². The molecule has 0 aromatic heterocycles. The summed E-state index contributed by atoms with van der Waals surface area (Å²) in [6.45, 7) is 4.05. The monoisotopic (exact) mass is 654 g/mol. The zero-order chi connectivity index (χ0) is 28.4. The molecular weight excluding hydrogens is 634 g/mol. The Bertz CT molecular complexity index is 1690. The molecule has 0 spiro atoms. The van der Waals surface area contributed by atoms with E-state index < -0.39 is 0 Å². The largest absolute Gasteiger partial charge is 0.488 e. The average molecular weight is 656 g/mol. The first kappa shape index (κ1) is 28.4. The first-order chi connectivity index (χ1) is 19.2. The van der Waals surface area contributed by atoms with Crippen molar-refractivity contribution in [2.45, 2.75) is 20.5 Å². The van der Waals surface area contributed by atoms with Crippen LogP contribution in [0.5, 0.6) is 5.75 Å². The van der Waals surface area contributed by atoms with Crippen LogP contribution in [-0.4, -0.2) is 11.1 Å². The van der Waals surface area contributed by atoms with Crippen LogP contribution in [0.3, 0.4) is 0 Å². The number of halogens is 4. The van der Waals surface area contributed by atoms with E-state index in [2.05, 4.69) is 15.9 Å². The standard InChI is InChI=1S/C31H22BrCl2FN2O2S/c1-18-6-9-23(15-26(18)33)36-31-37(24-10-7-19(2)27(34)16-24)30(38)29(40-31)14-20-8-11-28(25(32)13-20)39-17-21-4-3-5-22(35)12-21/h3-16H,17H2,1-2H3/b29-14+,36-31?. The maximum atomic E-state index is 13.7. The second kappa shape index (κ2) is 12.2. The van der Waals surface area contributed by atoms with Crippen molar-refractivity contribution in [3.63, 3.8) is 0 Å². The Labute approximate surface area is 254 Å². The number of hydrogen-bond acceptors (Lipinski definition) is 4. The minimum absolute atomic E-state index is 0.218. The van der Waals surface area contributed by atoms with Crippen molar-refractivity contribution in [1.82, 2.24) is 0 Å². The Morgan fingerprint density at radius 2 is 1.73 bits per heavy atom. The van der Waals surface area contributed by atoms with Crippen LogP contribution in [-0.2, 0) is 11.4 Å². The number of amides is 1. The topological polar surface area (TPSA) is 41.9 Å². The zero-order valence-electron chi connectivity index (χ0n) is 21.4. The third kappa shape index (κ3) is 6.44. The number of aryl methyl sites for hydroxylation is 2. The van der Waals surface area contributed by atoms with E-state index in [4.69, 9.17) is 32.9 Å². The van der Waals surface area contributed by atoms with Gasteiger partial charge in [0, 0.05) is 10.0 Å². The molecule has 4 aromatic rings. The molecule has 0 N–H and O–H groups in total. The van der Waals surface area contributed by atoms with Crippen molar-refractivity contribution in [3.05, 3.63) is 126 Å². The molecule has 0 radical (unpaired) electrons. The fourth-order valence-electron chi connectivity index (χ4n) is 3.92. The van der Waals surface area contributed by atoms with E-state index in [0.717, 1.165) is 22.3 Å². The minimum Gasteiger partial charge on any atom is -0.488 e. The fourth-order valence-corrected chi connectivity index (χ4v) is 5.78. The molecule has 202 valence electrons. The number of thioether (sulfide) groups is 1. The van der Waals surface area contributed by atoms with Gasteiger partial charge in [0.15, 0.2) is 5.17 Å². The molecule has 1 amide bonds. The molecule has 1 fully saturated rings. The second-order valence-electron chi connectivity index (χ2n) is 9.12. The van der Waals surface area contributed by atoms with Gasteiger partial charge in [-0.3, -0.25) is 9.69 Å². The maximum absolute atomic E-state index is 13.7. The number of carbonyl (C=O) groups is 1. The quantitative estimate of drug-likeness (QED) is 0.194. The summed E-state index contributed by atoms with van der Waals surface area (Å²) in [5.74, 6) is 0.0758. The van der Waals surface area contributed by atoms with Crippen molar-refractivity contribution in [3.8, 4) is 5.75 Å². The number of rotatable bonds is 6. The SMILES string of the molecule is Cc1ccc(N=C2S/C(=C/c3ccc(OCc4cccc(F)c4)c(Br)c3)C(=O)N2c2ccc(C)c(Cl)c2)cc1Cl. The van der Waals surface area contributed by atoms with E-state index in [1.54, 1.807) is 35.2 Å². The Balaban J connectivity index is 1.45. The molecule has 1 heterocycles. The summed E-state index contributed by atoms with van der Waals surface area (Å²) < 4.78 is 20.1. The van der Waals surface area contributed by atoms with E-state index in [0.29, 0.717) is 41.7 Å². The zero-order valence-corrected chi connectivity index (χ0v) is 25.3. The summed E-state index contributed by atoms with van der Waals surface area (Å²) in [5, 5.41) is 1.65. The normalized spacial score (nSPS) is 15.3. The van der Waals surface area contributed by atoms with Crippen molar-refractivity contribution in [2.24, 2.45) is 4.99 Å². The third-order valence-corrected chi connectivity index (χ3v) is 8.54. The highest BCUT2D eigenvalue weighted by molar-refractivity contribution is 9.10. The number of ether oxygens (including phenoxy) is 1. The second-order valence-corrected chi connectivity index (χ2v) is 11.8. The first-order valence-corrected chi connectivity index (χ1v) is 14.6. The van der Waals surface area contributed by atoms with Crippen LogP contribution in [0.1, 0.15) is 22.3 Å². The predicted octanol–water partition coefficient (Wildman–Crippen LogP) is 9.90. The van der Waals surface area contributed by atoms with Crippen LogP contribution in [0.25, 0.3) is 6.08 Å². The van der Waals surface area contributed by atoms with E-state index in [9.17, 15) is 9.18 Å². The average Bonchev–Trinajstić information content (AvgIpc) is 3.21. The number of nitrogens with zero attached hydrogens (tertiary/aromatic N) is 2. The highest BCUT2D eigenvalue weighted by Gasteiger charge is 2.35. The summed E-state index contributed by atoms with van der Waals surface area (Å²) >= 11 is 17.6. The number of carbonyl (C=O) groups excluding carboxylic acids is 1. The van der Waals surface area contributed by atoms with E-state index in [-0.39, 0.29) is 18.3 Å². The van der Waals surface area contributed by atoms with Gasteiger partial charge in [0.1, 0.15) is 18.2 Å². The summed E-state index contributed by atoms with van der Waals surface area (Å²) in [6, 6.07) is 22.8. The highest BCUT2D eigenvalue weighted by atomic mass is 79.9. The molecule has 40 heavy (non-hydrogen) atoms. The van der Waals surface area contributed by atoms with Crippen LogP contribution in [0.2, 0.25) is 10.0 Å². The van der Waals surface area contributed by atoms with E-state index in [1.165, 1.54) is 23.9 Å². The van der Waals surface area contributed by atoms with Crippen LogP contribution < -0.4 is 9.64 Å². The van der Waals surface area contributed by atoms with Gasteiger partial charge in [-0.15, -0.1) is 0 Å². The van der Waals surface area contributed by atoms with Gasteiger partial charge >= 0.3 is 0 Å². The lowest BCUT2D eigenvalue weighted by molar-refractivity contribution is -0.113. The number of hydrogen-bond donors (Lipinski definition) is 0. The number of benzene rings is 4. The van der Waals surface area contributed by atoms with Gasteiger partial charge in [-0.05, 0) is 118 Å². The maximum Gasteiger partial charge on any atom is 0.271 e. The van der Waals surface area contributed by atoms with Crippen molar-refractivity contribution < 1.29 is 13.9 Å². The molecule has 1 saturated heterocycles. The molecule has 5 rings (SSSR count). The molecule has 1 aliphatic heterocycles. The molecule has 4 nitrogen and oxygen atoms in total. The molecule has 0 unspecified atom stereocenters. The number of anilines is 1. The molecule has 0 aliphatic carbocycles. The minimum atomic E-state index is -0.309. The Kier molecular flexibility index (Phi) is 8.66. The molecule has 4 aromatic carbocycles. The lowest BCUT2D eigenvalue weighted by Gasteiger charge is -2.16. The molecule has 1 aliphatic rings. The fraction of sp³-hybridized carbons (Fsp3) is 0.0968. The number of aliphatic imine (C=N–C) groups is 1. The molecule has 9 heteroatoms. The first-order valence-electron chi connectivity index (χ1n) is 12.2. The van der Waals surface area contributed by atoms with Crippen LogP contribution in [0.15, 0.2) is 93.2 Å². The highest BCUT2D eigenvalue weighted by Crippen LogP contribution is 2.39. The summed E-state index contributed by atoms with van der Waals surface area (Å²) in [7, 11) is 0. The molecular formula is C31H22BrCl2FN2O2S. The van der Waals surface area contributed by atoms with E-state index >= 15 is 0 Å². The van der Waals surface area contributed by atoms with Gasteiger partial charge in [-0.25, -0.2) is 9.38 Å². The Morgan fingerprint density at radius 3 is 2.42 bits per heavy atom. The lowest BCUT2D eigenvalue weighted by atomic mass is 10.2. The van der Waals surface area contributed by atoms with Gasteiger partial charge in [-0.2, -0.15) is 0 Å². The molecule has 0 bridgehead atoms. The molecule has 0 atom stereocenters. The van der Waals surface area contributed by atoms with Crippen LogP contribution >= 0.6 is 50.9 Å². The Morgan fingerprint density at radius 1 is 0.975 bits per heavy atom. The summed E-state index contributed by atoms with van der Waals surface area (Å²) in [6.07, 6.45) is 1.81. The van der Waals surface area contributed by atoms with Crippen LogP contribution in [0, 0.1) is 19.7 Å². The van der Waals surface area contributed by atoms with E-state index in [1.807, 2.05) is 56.3 Å². The van der Waals surface area contributed by atoms with Crippen molar-refractivity contribution in [2.75, 3.05) is 4.90 Å². The predicted molar refractivity (Wildman–Crippen MR) is 167 cm³/mol. The number of amidine groups is 1. The van der Waals surface area contributed by atoms with Gasteiger partial charge in [0.05, 0.1) is 20.8 Å². The lowest BCUT2D eigenvalue weighted by Crippen LogP contribution is -2.28.